The van der Waals surface area contributed by atoms with Crippen LogP contribution in [0.4, 0.5) is 4.79 Å². The number of hydrogen-bond acceptors (Lipinski definition) is 3. The first-order valence-electron chi connectivity index (χ1n) is 8.11. The second kappa shape index (κ2) is 6.28. The molecule has 0 unspecified atom stereocenters. The zero-order chi connectivity index (χ0) is 17.3. The lowest BCUT2D eigenvalue weighted by Crippen LogP contribution is -2.48. The Hall–Kier alpha value is -2.34. The summed E-state index contributed by atoms with van der Waals surface area (Å²) in [7, 11) is 0. The first-order chi connectivity index (χ1) is 11.5. The summed E-state index contributed by atoms with van der Waals surface area (Å²) >= 11 is 0. The van der Waals surface area contributed by atoms with Crippen molar-refractivity contribution < 1.29 is 19.8 Å². The van der Waals surface area contributed by atoms with Crippen LogP contribution in [0.3, 0.4) is 0 Å². The van der Waals surface area contributed by atoms with E-state index in [0.29, 0.717) is 19.4 Å². The van der Waals surface area contributed by atoms with Gasteiger partial charge in [0.25, 0.3) is 0 Å². The number of carboxylic acid groups (broad SMARTS) is 2. The lowest BCUT2D eigenvalue weighted by atomic mass is 9.74. The van der Waals surface area contributed by atoms with Gasteiger partial charge in [-0.2, -0.15) is 0 Å². The molecule has 6 nitrogen and oxygen atoms in total. The summed E-state index contributed by atoms with van der Waals surface area (Å²) < 4.78 is 0. The van der Waals surface area contributed by atoms with Gasteiger partial charge in [-0.25, -0.2) is 9.59 Å². The van der Waals surface area contributed by atoms with E-state index < -0.39 is 23.5 Å². The minimum Gasteiger partial charge on any atom is -0.480 e. The molecule has 1 aromatic rings. The van der Waals surface area contributed by atoms with Gasteiger partial charge in [-0.05, 0) is 24.9 Å². The highest BCUT2D eigenvalue weighted by Gasteiger charge is 2.62. The highest BCUT2D eigenvalue weighted by molar-refractivity contribution is 5.81. The lowest BCUT2D eigenvalue weighted by Gasteiger charge is -2.33. The maximum Gasteiger partial charge on any atom is 0.408 e. The monoisotopic (exact) mass is 330 g/mol. The van der Waals surface area contributed by atoms with Crippen LogP contribution in [0.5, 0.6) is 0 Å². The zero-order valence-corrected chi connectivity index (χ0v) is 13.5. The topological polar surface area (TPSA) is 81.1 Å². The van der Waals surface area contributed by atoms with E-state index in [1.807, 2.05) is 30.3 Å². The summed E-state index contributed by atoms with van der Waals surface area (Å²) in [6.07, 6.45) is 1.72. The largest absolute Gasteiger partial charge is 0.480 e. The molecule has 2 heterocycles. The van der Waals surface area contributed by atoms with E-state index in [0.717, 1.165) is 17.0 Å². The molecule has 0 saturated carbocycles. The Morgan fingerprint density at radius 2 is 2.00 bits per heavy atom. The third kappa shape index (κ3) is 2.57. The van der Waals surface area contributed by atoms with Crippen LogP contribution in [0.2, 0.25) is 0 Å². The number of fused-ring (bicyclic) bond motifs is 1. The van der Waals surface area contributed by atoms with Gasteiger partial charge in [0, 0.05) is 24.5 Å². The van der Waals surface area contributed by atoms with Gasteiger partial charge < -0.3 is 10.2 Å². The highest BCUT2D eigenvalue weighted by atomic mass is 16.4. The number of aliphatic carboxylic acids is 1. The third-order valence-electron chi connectivity index (χ3n) is 5.43. The summed E-state index contributed by atoms with van der Waals surface area (Å²) in [6.45, 7) is 5.47. The van der Waals surface area contributed by atoms with Crippen molar-refractivity contribution >= 4 is 12.1 Å². The number of nitrogens with zero attached hydrogens (tertiary/aromatic N) is 2. The Balaban J connectivity index is 1.92. The van der Waals surface area contributed by atoms with Crippen LogP contribution in [0.1, 0.15) is 18.4 Å². The minimum atomic E-state index is -1.17. The quantitative estimate of drug-likeness (QED) is 0.810. The average molecular weight is 330 g/mol. The van der Waals surface area contributed by atoms with E-state index in [9.17, 15) is 19.8 Å². The Bertz CT molecular complexity index is 648. The van der Waals surface area contributed by atoms with Crippen LogP contribution in [0, 0.1) is 5.41 Å². The molecule has 2 aliphatic heterocycles. The fraction of sp³-hybridized carbons (Fsp3) is 0.444. The normalized spacial score (nSPS) is 29.4. The van der Waals surface area contributed by atoms with Crippen LogP contribution < -0.4 is 0 Å². The number of hydrogen-bond donors (Lipinski definition) is 2. The summed E-state index contributed by atoms with van der Waals surface area (Å²) in [4.78, 5) is 26.7. The number of carboxylic acids is 1. The standard InChI is InChI=1S/C18H22N2O4/c1-2-8-18-9-10-19(11-13-6-4-3-5-7-13)14(18)12-20(17(23)24)15(18)16(21)22/h2-7,14-15H,1,8-12H2,(H,21,22)(H,23,24)/t14-,15+,18-/m0/s1. The molecule has 0 bridgehead atoms. The third-order valence-corrected chi connectivity index (χ3v) is 5.43. The van der Waals surface area contributed by atoms with Gasteiger partial charge in [-0.15, -0.1) is 6.58 Å². The SMILES string of the molecule is C=CC[C@]12CCN(Cc3ccccc3)[C@H]1CN(C(=O)O)[C@@H]2C(=O)O. The molecule has 128 valence electrons. The molecule has 3 rings (SSSR count). The van der Waals surface area contributed by atoms with Gasteiger partial charge in [0.2, 0.25) is 0 Å². The minimum absolute atomic E-state index is 0.104. The van der Waals surface area contributed by atoms with Crippen molar-refractivity contribution in [1.29, 1.82) is 0 Å². The molecule has 1 aromatic carbocycles. The number of amides is 1. The van der Waals surface area contributed by atoms with Crippen molar-refractivity contribution in [2.75, 3.05) is 13.1 Å². The second-order valence-electron chi connectivity index (χ2n) is 6.62. The second-order valence-corrected chi connectivity index (χ2v) is 6.62. The van der Waals surface area contributed by atoms with Gasteiger partial charge >= 0.3 is 12.1 Å². The highest BCUT2D eigenvalue weighted by Crippen LogP contribution is 2.50. The Labute approximate surface area is 141 Å². The van der Waals surface area contributed by atoms with Gasteiger partial charge in [0.15, 0.2) is 0 Å². The van der Waals surface area contributed by atoms with Crippen molar-refractivity contribution in [3.8, 4) is 0 Å². The number of rotatable bonds is 5. The van der Waals surface area contributed by atoms with Crippen LogP contribution in [0.15, 0.2) is 43.0 Å². The maximum absolute atomic E-state index is 11.8. The molecule has 24 heavy (non-hydrogen) atoms. The fourth-order valence-corrected chi connectivity index (χ4v) is 4.45. The molecule has 2 saturated heterocycles. The van der Waals surface area contributed by atoms with Crippen molar-refractivity contribution in [3.05, 3.63) is 48.6 Å². The molecular formula is C18H22N2O4. The molecule has 1 amide bonds. The van der Waals surface area contributed by atoms with Crippen LogP contribution in [0.25, 0.3) is 0 Å². The zero-order valence-electron chi connectivity index (χ0n) is 13.5. The van der Waals surface area contributed by atoms with Crippen LogP contribution in [-0.2, 0) is 11.3 Å². The molecule has 2 fully saturated rings. The molecular weight excluding hydrogens is 308 g/mol. The first kappa shape index (κ1) is 16.5. The Morgan fingerprint density at radius 3 is 2.58 bits per heavy atom. The van der Waals surface area contributed by atoms with Gasteiger partial charge in [0.05, 0.1) is 0 Å². The van der Waals surface area contributed by atoms with E-state index in [4.69, 9.17) is 0 Å². The molecule has 0 aromatic heterocycles. The molecule has 6 heteroatoms. The first-order valence-corrected chi connectivity index (χ1v) is 8.11. The lowest BCUT2D eigenvalue weighted by molar-refractivity contribution is -0.145. The van der Waals surface area contributed by atoms with Crippen molar-refractivity contribution in [2.45, 2.75) is 31.5 Å². The van der Waals surface area contributed by atoms with Gasteiger partial charge in [-0.3, -0.25) is 9.80 Å². The molecule has 0 spiro atoms. The predicted molar refractivity (Wildman–Crippen MR) is 88.7 cm³/mol. The van der Waals surface area contributed by atoms with Gasteiger partial charge in [-0.1, -0.05) is 36.4 Å². The van der Waals surface area contributed by atoms with E-state index in [1.165, 1.54) is 0 Å². The smallest absolute Gasteiger partial charge is 0.408 e. The van der Waals surface area contributed by atoms with Crippen molar-refractivity contribution in [3.63, 3.8) is 0 Å². The van der Waals surface area contributed by atoms with E-state index in [-0.39, 0.29) is 12.6 Å². The van der Waals surface area contributed by atoms with E-state index >= 15 is 0 Å². The van der Waals surface area contributed by atoms with E-state index in [1.54, 1.807) is 6.08 Å². The summed E-state index contributed by atoms with van der Waals surface area (Å²) in [6, 6.07) is 8.85. The maximum atomic E-state index is 11.8. The van der Waals surface area contributed by atoms with Crippen molar-refractivity contribution in [2.24, 2.45) is 5.41 Å². The molecule has 3 atom stereocenters. The van der Waals surface area contributed by atoms with Crippen molar-refractivity contribution in [1.82, 2.24) is 9.80 Å². The number of likely N-dealkylation sites (tertiary alicyclic amines) is 2. The Morgan fingerprint density at radius 1 is 1.29 bits per heavy atom. The number of carbonyl (C=O) groups is 2. The van der Waals surface area contributed by atoms with Gasteiger partial charge in [0.1, 0.15) is 6.04 Å². The summed E-state index contributed by atoms with van der Waals surface area (Å²) in [5, 5.41) is 19.2. The molecule has 2 aliphatic rings. The van der Waals surface area contributed by atoms with E-state index in [2.05, 4.69) is 11.5 Å². The van der Waals surface area contributed by atoms with Crippen LogP contribution in [-0.4, -0.2) is 57.2 Å². The Kier molecular flexibility index (Phi) is 4.32. The summed E-state index contributed by atoms with van der Waals surface area (Å²) in [5.74, 6) is -1.07. The average Bonchev–Trinajstić information content (AvgIpc) is 3.03. The number of allylic oxidation sites excluding steroid dienone is 1. The number of benzene rings is 1. The molecule has 0 aliphatic carbocycles. The predicted octanol–water partition coefficient (Wildman–Crippen LogP) is 2.27. The summed E-state index contributed by atoms with van der Waals surface area (Å²) in [5.41, 5.74) is 0.549. The molecule has 0 radical (unpaired) electrons. The molecule has 2 N–H and O–H groups in total. The fourth-order valence-electron chi connectivity index (χ4n) is 4.45. The van der Waals surface area contributed by atoms with Crippen LogP contribution >= 0.6 is 0 Å².